The number of amides is 2. The largest absolute Gasteiger partial charge is 0.441 e. The molecule has 0 aliphatic rings. The number of pyridine rings is 3. The summed E-state index contributed by atoms with van der Waals surface area (Å²) >= 11 is 5.74. The van der Waals surface area contributed by atoms with Crippen LogP contribution in [0.25, 0.3) is 11.4 Å². The van der Waals surface area contributed by atoms with Gasteiger partial charge in [0, 0.05) is 25.0 Å². The first-order chi connectivity index (χ1) is 16.8. The molecule has 2 N–H and O–H groups in total. The number of anilines is 2. The van der Waals surface area contributed by atoms with Crippen molar-refractivity contribution in [3.05, 3.63) is 77.2 Å². The lowest BCUT2D eigenvalue weighted by Gasteiger charge is -2.14. The highest BCUT2D eigenvalue weighted by atomic mass is 35.5. The van der Waals surface area contributed by atoms with Gasteiger partial charge in [0.15, 0.2) is 11.5 Å². The molecule has 0 radical (unpaired) electrons. The Labute approximate surface area is 203 Å². The quantitative estimate of drug-likeness (QED) is 0.382. The summed E-state index contributed by atoms with van der Waals surface area (Å²) in [4.78, 5) is 36.5. The van der Waals surface area contributed by atoms with Crippen LogP contribution >= 0.6 is 11.6 Å². The second-order valence-electron chi connectivity index (χ2n) is 7.22. The van der Waals surface area contributed by atoms with Crippen LogP contribution in [0.5, 0.6) is 0 Å². The molecular weight excluding hydrogens is 479 g/mol. The van der Waals surface area contributed by atoms with Gasteiger partial charge in [0.1, 0.15) is 11.3 Å². The minimum Gasteiger partial charge on any atom is -0.441 e. The standard InChI is InChI=1S/C22H18ClFN8O3/c1-12(15-4-3-9-25-19(15)24)35-22(34)29-20-18(30-31-32(20)2)16-7-6-14(11-26-16)28-21(33)13-5-8-17(23)27-10-13/h3-12H,1-2H3,(H,28,33)(H,29,34)/t12-/m1/s1. The molecule has 178 valence electrons. The molecule has 0 spiro atoms. The molecule has 0 saturated carbocycles. The molecule has 35 heavy (non-hydrogen) atoms. The molecule has 4 rings (SSSR count). The monoisotopic (exact) mass is 496 g/mol. The zero-order valence-electron chi connectivity index (χ0n) is 18.4. The Morgan fingerprint density at radius 1 is 1.09 bits per heavy atom. The van der Waals surface area contributed by atoms with Crippen molar-refractivity contribution in [2.24, 2.45) is 7.05 Å². The number of aromatic nitrogens is 6. The van der Waals surface area contributed by atoms with Crippen LogP contribution in [0.15, 0.2) is 55.0 Å². The van der Waals surface area contributed by atoms with Gasteiger partial charge in [-0.1, -0.05) is 16.8 Å². The fraction of sp³-hybridized carbons (Fsp3) is 0.136. The van der Waals surface area contributed by atoms with Crippen LogP contribution in [0.1, 0.15) is 28.9 Å². The molecular formula is C22H18ClFN8O3. The van der Waals surface area contributed by atoms with Gasteiger partial charge in [-0.25, -0.2) is 19.4 Å². The predicted molar refractivity (Wildman–Crippen MR) is 124 cm³/mol. The minimum absolute atomic E-state index is 0.139. The fourth-order valence-corrected chi connectivity index (χ4v) is 3.15. The van der Waals surface area contributed by atoms with E-state index in [0.29, 0.717) is 16.9 Å². The molecule has 0 aliphatic carbocycles. The number of ether oxygens (including phenoxy) is 1. The van der Waals surface area contributed by atoms with E-state index in [9.17, 15) is 14.0 Å². The number of halogens is 2. The summed E-state index contributed by atoms with van der Waals surface area (Å²) in [6, 6.07) is 9.30. The number of nitrogens with one attached hydrogen (secondary N) is 2. The second-order valence-corrected chi connectivity index (χ2v) is 7.61. The molecule has 0 unspecified atom stereocenters. The highest BCUT2D eigenvalue weighted by molar-refractivity contribution is 6.29. The molecule has 0 bridgehead atoms. The van der Waals surface area contributed by atoms with Crippen molar-refractivity contribution in [3.63, 3.8) is 0 Å². The van der Waals surface area contributed by atoms with E-state index in [1.54, 1.807) is 31.3 Å². The molecule has 1 atom stereocenters. The Morgan fingerprint density at radius 2 is 1.91 bits per heavy atom. The summed E-state index contributed by atoms with van der Waals surface area (Å²) in [5, 5.41) is 13.5. The van der Waals surface area contributed by atoms with E-state index in [0.717, 1.165) is 0 Å². The molecule has 0 saturated heterocycles. The first-order valence-corrected chi connectivity index (χ1v) is 10.6. The van der Waals surface area contributed by atoms with Gasteiger partial charge in [-0.3, -0.25) is 15.1 Å². The maximum absolute atomic E-state index is 13.9. The second kappa shape index (κ2) is 10.2. The summed E-state index contributed by atoms with van der Waals surface area (Å²) in [6.45, 7) is 1.52. The average Bonchev–Trinajstić information content (AvgIpc) is 3.20. The minimum atomic E-state index is -0.884. The van der Waals surface area contributed by atoms with Gasteiger partial charge in [-0.2, -0.15) is 4.39 Å². The van der Waals surface area contributed by atoms with Crippen molar-refractivity contribution in [1.29, 1.82) is 0 Å². The van der Waals surface area contributed by atoms with Crippen LogP contribution in [-0.2, 0) is 11.8 Å². The van der Waals surface area contributed by atoms with Gasteiger partial charge in [0.25, 0.3) is 5.91 Å². The van der Waals surface area contributed by atoms with Crippen LogP contribution in [0.4, 0.5) is 20.7 Å². The molecule has 11 nitrogen and oxygen atoms in total. The predicted octanol–water partition coefficient (Wildman–Crippen LogP) is 4.02. The number of rotatable bonds is 6. The maximum atomic E-state index is 13.9. The van der Waals surface area contributed by atoms with Crippen LogP contribution in [0.3, 0.4) is 0 Å². The Hall–Kier alpha value is -4.45. The zero-order valence-corrected chi connectivity index (χ0v) is 19.2. The Balaban J connectivity index is 1.45. The van der Waals surface area contributed by atoms with Crippen molar-refractivity contribution in [1.82, 2.24) is 29.9 Å². The van der Waals surface area contributed by atoms with Crippen LogP contribution in [-0.4, -0.2) is 41.9 Å². The number of hydrogen-bond acceptors (Lipinski definition) is 8. The summed E-state index contributed by atoms with van der Waals surface area (Å²) in [5.41, 5.74) is 1.55. The molecule has 0 fully saturated rings. The summed E-state index contributed by atoms with van der Waals surface area (Å²) < 4.78 is 20.5. The van der Waals surface area contributed by atoms with Crippen molar-refractivity contribution < 1.29 is 18.7 Å². The highest BCUT2D eigenvalue weighted by Crippen LogP contribution is 2.25. The van der Waals surface area contributed by atoms with Crippen LogP contribution < -0.4 is 10.6 Å². The third kappa shape index (κ3) is 5.55. The van der Waals surface area contributed by atoms with Crippen LogP contribution in [0, 0.1) is 5.95 Å². The lowest BCUT2D eigenvalue weighted by molar-refractivity contribution is 0.102. The van der Waals surface area contributed by atoms with Crippen molar-refractivity contribution in [2.75, 3.05) is 10.6 Å². The molecule has 4 heterocycles. The summed E-state index contributed by atoms with van der Waals surface area (Å²) in [7, 11) is 1.57. The van der Waals surface area contributed by atoms with E-state index in [1.165, 1.54) is 42.3 Å². The summed E-state index contributed by atoms with van der Waals surface area (Å²) in [5.74, 6) is -0.891. The van der Waals surface area contributed by atoms with Crippen LogP contribution in [0.2, 0.25) is 5.15 Å². The Morgan fingerprint density at radius 3 is 2.60 bits per heavy atom. The molecule has 2 amide bonds. The molecule has 0 aliphatic heterocycles. The summed E-state index contributed by atoms with van der Waals surface area (Å²) in [6.07, 6.45) is 2.37. The zero-order chi connectivity index (χ0) is 24.9. The number of carbonyl (C=O) groups is 2. The first-order valence-electron chi connectivity index (χ1n) is 10.2. The number of hydrogen-bond donors (Lipinski definition) is 2. The van der Waals surface area contributed by atoms with E-state index < -0.39 is 18.1 Å². The van der Waals surface area contributed by atoms with Crippen molar-refractivity contribution in [2.45, 2.75) is 13.0 Å². The maximum Gasteiger partial charge on any atom is 0.413 e. The Bertz CT molecular complexity index is 1360. The van der Waals surface area contributed by atoms with Gasteiger partial charge >= 0.3 is 6.09 Å². The smallest absolute Gasteiger partial charge is 0.413 e. The fourth-order valence-electron chi connectivity index (χ4n) is 3.04. The lowest BCUT2D eigenvalue weighted by Crippen LogP contribution is -2.19. The first kappa shape index (κ1) is 23.7. The normalized spacial score (nSPS) is 11.5. The SMILES string of the molecule is C[C@@H](OC(=O)Nc1c(-c2ccc(NC(=O)c3ccc(Cl)nc3)cn2)nnn1C)c1cccnc1F. The molecule has 4 aromatic heterocycles. The van der Waals surface area contributed by atoms with E-state index >= 15 is 0 Å². The molecule has 4 aromatic rings. The average molecular weight is 497 g/mol. The molecule has 0 aromatic carbocycles. The van der Waals surface area contributed by atoms with Crippen molar-refractivity contribution in [3.8, 4) is 11.4 Å². The highest BCUT2D eigenvalue weighted by Gasteiger charge is 2.21. The molecule has 13 heteroatoms. The number of nitrogens with zero attached hydrogens (tertiary/aromatic N) is 6. The van der Waals surface area contributed by atoms with E-state index in [1.807, 2.05) is 0 Å². The third-order valence-electron chi connectivity index (χ3n) is 4.81. The van der Waals surface area contributed by atoms with Gasteiger partial charge in [0.05, 0.1) is 23.1 Å². The van der Waals surface area contributed by atoms with Gasteiger partial charge in [-0.05, 0) is 43.3 Å². The van der Waals surface area contributed by atoms with Crippen molar-refractivity contribution >= 4 is 35.1 Å². The van der Waals surface area contributed by atoms with Gasteiger partial charge < -0.3 is 10.1 Å². The third-order valence-corrected chi connectivity index (χ3v) is 5.03. The number of aryl methyl sites for hydroxylation is 1. The Kier molecular flexibility index (Phi) is 6.92. The van der Waals surface area contributed by atoms with E-state index in [4.69, 9.17) is 16.3 Å². The van der Waals surface area contributed by atoms with E-state index in [-0.39, 0.29) is 28.1 Å². The number of carbonyl (C=O) groups excluding carboxylic acids is 2. The topological polar surface area (TPSA) is 137 Å². The van der Waals surface area contributed by atoms with E-state index in [2.05, 4.69) is 35.9 Å². The van der Waals surface area contributed by atoms with Gasteiger partial charge in [-0.15, -0.1) is 5.10 Å². The van der Waals surface area contributed by atoms with Gasteiger partial charge in [0.2, 0.25) is 5.95 Å². The lowest BCUT2D eigenvalue weighted by atomic mass is 10.2.